The summed E-state index contributed by atoms with van der Waals surface area (Å²) in [6.07, 6.45) is 3.85. The number of aliphatic hydroxyl groups is 1. The second kappa shape index (κ2) is 5.34. The third-order valence-corrected chi connectivity index (χ3v) is 4.39. The summed E-state index contributed by atoms with van der Waals surface area (Å²) < 4.78 is 14.2. The molecule has 0 spiro atoms. The fraction of sp³-hybridized carbons (Fsp3) is 0.625. The average molecular weight is 278 g/mol. The van der Waals surface area contributed by atoms with Crippen LogP contribution in [0.4, 0.5) is 10.1 Å². The van der Waals surface area contributed by atoms with Gasteiger partial charge < -0.3 is 15.3 Å². The van der Waals surface area contributed by atoms with Crippen molar-refractivity contribution in [3.8, 4) is 0 Å². The molecule has 3 nitrogen and oxygen atoms in total. The lowest BCUT2D eigenvalue weighted by Gasteiger charge is -2.38. The summed E-state index contributed by atoms with van der Waals surface area (Å²) in [4.78, 5) is 2.08. The Kier molecular flexibility index (Phi) is 3.69. The first-order valence-electron chi connectivity index (χ1n) is 7.53. The predicted molar refractivity (Wildman–Crippen MR) is 78.3 cm³/mol. The van der Waals surface area contributed by atoms with Gasteiger partial charge in [-0.25, -0.2) is 4.39 Å². The molecule has 0 atom stereocenters. The Morgan fingerprint density at radius 1 is 1.35 bits per heavy atom. The van der Waals surface area contributed by atoms with Crippen LogP contribution < -0.4 is 10.2 Å². The van der Waals surface area contributed by atoms with E-state index in [-0.39, 0.29) is 5.82 Å². The second-order valence-electron chi connectivity index (χ2n) is 6.39. The maximum Gasteiger partial charge on any atom is 0.146 e. The standard InChI is InChI=1S/C16H23FN2O/c1-16(20)7-9-19(10-8-16)15-12(3-2-4-14(15)17)11-18-13-5-6-13/h2-4,13,18,20H,5-11H2,1H3. The molecular weight excluding hydrogens is 255 g/mol. The van der Waals surface area contributed by atoms with Crippen molar-refractivity contribution in [2.75, 3.05) is 18.0 Å². The van der Waals surface area contributed by atoms with Gasteiger partial charge in [0.05, 0.1) is 11.3 Å². The largest absolute Gasteiger partial charge is 0.390 e. The summed E-state index contributed by atoms with van der Waals surface area (Å²) >= 11 is 0. The highest BCUT2D eigenvalue weighted by Crippen LogP contribution is 2.31. The van der Waals surface area contributed by atoms with Crippen molar-refractivity contribution in [3.63, 3.8) is 0 Å². The van der Waals surface area contributed by atoms with E-state index in [4.69, 9.17) is 0 Å². The SMILES string of the molecule is CC1(O)CCN(c2c(F)cccc2CNC2CC2)CC1. The molecule has 1 heterocycles. The average Bonchev–Trinajstić information content (AvgIpc) is 3.21. The van der Waals surface area contributed by atoms with Gasteiger partial charge in [0.1, 0.15) is 5.82 Å². The third-order valence-electron chi connectivity index (χ3n) is 4.39. The molecule has 3 rings (SSSR count). The lowest BCUT2D eigenvalue weighted by molar-refractivity contribution is 0.0350. The smallest absolute Gasteiger partial charge is 0.146 e. The quantitative estimate of drug-likeness (QED) is 0.888. The number of para-hydroxylation sites is 1. The van der Waals surface area contributed by atoms with Crippen molar-refractivity contribution in [3.05, 3.63) is 29.6 Å². The number of benzene rings is 1. The molecule has 0 radical (unpaired) electrons. The number of hydrogen-bond acceptors (Lipinski definition) is 3. The highest BCUT2D eigenvalue weighted by molar-refractivity contribution is 5.55. The minimum Gasteiger partial charge on any atom is -0.390 e. The summed E-state index contributed by atoms with van der Waals surface area (Å²) in [5, 5.41) is 13.5. The van der Waals surface area contributed by atoms with Crippen LogP contribution in [0, 0.1) is 5.82 Å². The summed E-state index contributed by atoms with van der Waals surface area (Å²) in [5.41, 5.74) is 1.14. The number of halogens is 1. The zero-order chi connectivity index (χ0) is 14.2. The first kappa shape index (κ1) is 13.8. The van der Waals surface area contributed by atoms with Crippen molar-refractivity contribution >= 4 is 5.69 Å². The predicted octanol–water partition coefficient (Wildman–Crippen LogP) is 2.43. The molecule has 4 heteroatoms. The molecule has 0 unspecified atom stereocenters. The van der Waals surface area contributed by atoms with Crippen LogP contribution in [0.15, 0.2) is 18.2 Å². The first-order chi connectivity index (χ1) is 9.55. The molecule has 2 fully saturated rings. The van der Waals surface area contributed by atoms with E-state index in [9.17, 15) is 9.50 Å². The van der Waals surface area contributed by atoms with Crippen LogP contribution >= 0.6 is 0 Å². The fourth-order valence-electron chi connectivity index (χ4n) is 2.81. The van der Waals surface area contributed by atoms with E-state index in [0.717, 1.165) is 17.8 Å². The van der Waals surface area contributed by atoms with Gasteiger partial charge in [-0.15, -0.1) is 0 Å². The Hall–Kier alpha value is -1.13. The Morgan fingerprint density at radius 2 is 2.05 bits per heavy atom. The first-order valence-corrected chi connectivity index (χ1v) is 7.53. The summed E-state index contributed by atoms with van der Waals surface area (Å²) in [6, 6.07) is 5.93. The van der Waals surface area contributed by atoms with Gasteiger partial charge >= 0.3 is 0 Å². The topological polar surface area (TPSA) is 35.5 Å². The van der Waals surface area contributed by atoms with Gasteiger partial charge in [0.25, 0.3) is 0 Å². The summed E-state index contributed by atoms with van der Waals surface area (Å²) in [5.74, 6) is -0.151. The van der Waals surface area contributed by atoms with E-state index in [1.54, 1.807) is 6.07 Å². The monoisotopic (exact) mass is 278 g/mol. The molecule has 1 aromatic carbocycles. The highest BCUT2D eigenvalue weighted by atomic mass is 19.1. The summed E-state index contributed by atoms with van der Waals surface area (Å²) in [7, 11) is 0. The van der Waals surface area contributed by atoms with E-state index in [0.29, 0.717) is 32.0 Å². The third kappa shape index (κ3) is 3.13. The molecule has 110 valence electrons. The molecular formula is C16H23FN2O. The van der Waals surface area contributed by atoms with Crippen molar-refractivity contribution in [1.82, 2.24) is 5.32 Å². The number of nitrogens with zero attached hydrogens (tertiary/aromatic N) is 1. The maximum absolute atomic E-state index is 14.2. The van der Waals surface area contributed by atoms with Crippen molar-refractivity contribution in [1.29, 1.82) is 0 Å². The van der Waals surface area contributed by atoms with Gasteiger partial charge in [0.2, 0.25) is 0 Å². The summed E-state index contributed by atoms with van der Waals surface area (Å²) in [6.45, 7) is 4.01. The van der Waals surface area contributed by atoms with Crippen molar-refractivity contribution in [2.24, 2.45) is 0 Å². The van der Waals surface area contributed by atoms with Crippen LogP contribution in [0.1, 0.15) is 38.2 Å². The zero-order valence-electron chi connectivity index (χ0n) is 12.0. The second-order valence-corrected chi connectivity index (χ2v) is 6.39. The fourth-order valence-corrected chi connectivity index (χ4v) is 2.81. The van der Waals surface area contributed by atoms with Gasteiger partial charge in [0, 0.05) is 25.7 Å². The Balaban J connectivity index is 1.76. The van der Waals surface area contributed by atoms with Crippen molar-refractivity contribution in [2.45, 2.75) is 50.8 Å². The number of anilines is 1. The lowest BCUT2D eigenvalue weighted by Crippen LogP contribution is -2.43. The minimum absolute atomic E-state index is 0.151. The highest BCUT2D eigenvalue weighted by Gasteiger charge is 2.29. The normalized spacial score (nSPS) is 22.1. The molecule has 1 aliphatic heterocycles. The van der Waals surface area contributed by atoms with E-state index in [1.807, 2.05) is 13.0 Å². The van der Waals surface area contributed by atoms with Crippen LogP contribution in [0.2, 0.25) is 0 Å². The maximum atomic E-state index is 14.2. The van der Waals surface area contributed by atoms with Crippen LogP contribution in [0.3, 0.4) is 0 Å². The number of nitrogens with one attached hydrogen (secondary N) is 1. The van der Waals surface area contributed by atoms with Crippen LogP contribution in [-0.2, 0) is 6.54 Å². The Morgan fingerprint density at radius 3 is 2.70 bits per heavy atom. The minimum atomic E-state index is -0.603. The van der Waals surface area contributed by atoms with Crippen LogP contribution in [-0.4, -0.2) is 29.8 Å². The van der Waals surface area contributed by atoms with Crippen molar-refractivity contribution < 1.29 is 9.50 Å². The van der Waals surface area contributed by atoms with Crippen LogP contribution in [0.25, 0.3) is 0 Å². The number of piperidine rings is 1. The van der Waals surface area contributed by atoms with E-state index < -0.39 is 5.60 Å². The lowest BCUT2D eigenvalue weighted by atomic mass is 9.93. The van der Waals surface area contributed by atoms with Gasteiger partial charge in [-0.05, 0) is 44.2 Å². The van der Waals surface area contributed by atoms with Gasteiger partial charge in [-0.1, -0.05) is 12.1 Å². The number of rotatable bonds is 4. The molecule has 1 aliphatic carbocycles. The molecule has 0 aromatic heterocycles. The van der Waals surface area contributed by atoms with Gasteiger partial charge in [-0.3, -0.25) is 0 Å². The Bertz CT molecular complexity index is 475. The molecule has 1 saturated carbocycles. The van der Waals surface area contributed by atoms with E-state index in [2.05, 4.69) is 10.2 Å². The molecule has 2 N–H and O–H groups in total. The van der Waals surface area contributed by atoms with Crippen LogP contribution in [0.5, 0.6) is 0 Å². The number of hydrogen-bond donors (Lipinski definition) is 2. The Labute approximate surface area is 119 Å². The van der Waals surface area contributed by atoms with Gasteiger partial charge in [-0.2, -0.15) is 0 Å². The molecule has 1 saturated heterocycles. The molecule has 20 heavy (non-hydrogen) atoms. The molecule has 0 amide bonds. The molecule has 0 bridgehead atoms. The van der Waals surface area contributed by atoms with E-state index >= 15 is 0 Å². The van der Waals surface area contributed by atoms with Gasteiger partial charge in [0.15, 0.2) is 0 Å². The van der Waals surface area contributed by atoms with E-state index in [1.165, 1.54) is 18.9 Å². The molecule has 2 aliphatic rings. The molecule has 1 aromatic rings. The zero-order valence-corrected chi connectivity index (χ0v) is 12.0.